The molecule has 4 aliphatic rings. The molecular weight excluding hydrogens is 334 g/mol. The molecule has 4 atom stereocenters. The zero-order chi connectivity index (χ0) is 17.5. The summed E-state index contributed by atoms with van der Waals surface area (Å²) in [5.41, 5.74) is -1.03. The number of hydrogen-bond acceptors (Lipinski definition) is 5. The van der Waals surface area contributed by atoms with Gasteiger partial charge in [0, 0.05) is 0 Å². The number of carbonyl (C=O) groups is 2. The topological polar surface area (TPSA) is 101 Å². The molecule has 1 amide bonds. The largest absolute Gasteiger partial charge is 0.480 e. The van der Waals surface area contributed by atoms with E-state index in [4.69, 9.17) is 4.74 Å². The highest BCUT2D eigenvalue weighted by Gasteiger charge is 2.86. The normalized spacial score (nSPS) is 42.7. The molecule has 24 heavy (non-hydrogen) atoms. The van der Waals surface area contributed by atoms with Gasteiger partial charge in [0.05, 0.1) is 17.0 Å². The van der Waals surface area contributed by atoms with Crippen LogP contribution in [0, 0.1) is 5.41 Å². The molecule has 2 saturated carbocycles. The molecule has 0 bridgehead atoms. The molecule has 7 nitrogen and oxygen atoms in total. The fraction of sp³-hybridized carbons (Fsp3) is 0.875. The molecule has 4 rings (SSSR count). The van der Waals surface area contributed by atoms with E-state index in [0.717, 1.165) is 30.6 Å². The number of amides is 1. The molecule has 1 spiro atoms. The van der Waals surface area contributed by atoms with Crippen molar-refractivity contribution in [3.63, 3.8) is 0 Å². The summed E-state index contributed by atoms with van der Waals surface area (Å²) in [6.07, 6.45) is 5.39. The van der Waals surface area contributed by atoms with Crippen LogP contribution in [-0.4, -0.2) is 58.7 Å². The Kier molecular flexibility index (Phi) is 3.21. The summed E-state index contributed by atoms with van der Waals surface area (Å²) >= 11 is 0. The first-order valence-electron chi connectivity index (χ1n) is 8.60. The Morgan fingerprint density at radius 1 is 1.25 bits per heavy atom. The van der Waals surface area contributed by atoms with E-state index >= 15 is 0 Å². The monoisotopic (exact) mass is 357 g/mol. The summed E-state index contributed by atoms with van der Waals surface area (Å²) in [5.74, 6) is -1.63. The molecule has 134 valence electrons. The predicted octanol–water partition coefficient (Wildman–Crippen LogP) is 0.923. The molecular formula is C16H23NO6S. The lowest BCUT2D eigenvalue weighted by Crippen LogP contribution is -2.66. The Labute approximate surface area is 141 Å². The van der Waals surface area contributed by atoms with Gasteiger partial charge in [-0.05, 0) is 33.1 Å². The number of ether oxygens (including phenoxy) is 1. The van der Waals surface area contributed by atoms with Crippen molar-refractivity contribution in [1.82, 2.24) is 4.90 Å². The number of aliphatic carboxylic acids is 1. The zero-order valence-corrected chi connectivity index (χ0v) is 14.7. The number of carbonyl (C=O) groups excluding carboxylic acids is 1. The summed E-state index contributed by atoms with van der Waals surface area (Å²) in [4.78, 5) is 25.3. The Morgan fingerprint density at radius 3 is 2.46 bits per heavy atom. The second-order valence-corrected chi connectivity index (χ2v) is 10.7. The summed E-state index contributed by atoms with van der Waals surface area (Å²) in [6.45, 7) is 2.81. The van der Waals surface area contributed by atoms with Gasteiger partial charge in [0.15, 0.2) is 15.2 Å². The van der Waals surface area contributed by atoms with E-state index in [9.17, 15) is 23.1 Å². The predicted molar refractivity (Wildman–Crippen MR) is 83.9 cm³/mol. The molecule has 0 aromatic carbocycles. The van der Waals surface area contributed by atoms with Crippen LogP contribution >= 0.6 is 0 Å². The van der Waals surface area contributed by atoms with Crippen molar-refractivity contribution in [3.8, 4) is 0 Å². The first kappa shape index (κ1) is 16.3. The molecule has 0 aromatic heterocycles. The lowest BCUT2D eigenvalue weighted by Gasteiger charge is -2.44. The van der Waals surface area contributed by atoms with Crippen LogP contribution in [0.5, 0.6) is 0 Å². The molecule has 0 radical (unpaired) electrons. The van der Waals surface area contributed by atoms with Gasteiger partial charge in [-0.1, -0.05) is 19.3 Å². The molecule has 1 unspecified atom stereocenters. The van der Waals surface area contributed by atoms with E-state index in [1.807, 2.05) is 0 Å². The van der Waals surface area contributed by atoms with E-state index in [1.54, 1.807) is 0 Å². The maximum atomic E-state index is 12.9. The molecule has 2 heterocycles. The van der Waals surface area contributed by atoms with Crippen LogP contribution in [0.25, 0.3) is 0 Å². The average Bonchev–Trinajstić information content (AvgIpc) is 3.19. The lowest BCUT2D eigenvalue weighted by atomic mass is 9.89. The number of carboxylic acids is 1. The van der Waals surface area contributed by atoms with Crippen molar-refractivity contribution in [1.29, 1.82) is 0 Å². The van der Waals surface area contributed by atoms with Gasteiger partial charge in [0.2, 0.25) is 5.91 Å². The minimum Gasteiger partial charge on any atom is -0.480 e. The summed E-state index contributed by atoms with van der Waals surface area (Å²) in [5, 5.41) is 8.41. The van der Waals surface area contributed by atoms with Crippen molar-refractivity contribution >= 4 is 21.7 Å². The quantitative estimate of drug-likeness (QED) is 0.754. The third-order valence-electron chi connectivity index (χ3n) is 6.37. The van der Waals surface area contributed by atoms with Crippen LogP contribution in [0.2, 0.25) is 0 Å². The number of sulfone groups is 1. The Bertz CT molecular complexity index is 710. The van der Waals surface area contributed by atoms with E-state index < -0.39 is 37.4 Å². The van der Waals surface area contributed by atoms with E-state index in [-0.39, 0.29) is 18.1 Å². The minimum atomic E-state index is -3.77. The van der Waals surface area contributed by atoms with Gasteiger partial charge in [-0.2, -0.15) is 0 Å². The first-order valence-corrected chi connectivity index (χ1v) is 10.1. The number of β-lactam (4-membered cyclic amide) rings is 1. The van der Waals surface area contributed by atoms with Crippen molar-refractivity contribution < 1.29 is 27.9 Å². The van der Waals surface area contributed by atoms with Crippen molar-refractivity contribution in [3.05, 3.63) is 0 Å². The van der Waals surface area contributed by atoms with Crippen LogP contribution in [0.1, 0.15) is 52.4 Å². The summed E-state index contributed by atoms with van der Waals surface area (Å²) in [6, 6.07) is -1.32. The second kappa shape index (κ2) is 4.72. The fourth-order valence-corrected chi connectivity index (χ4v) is 7.36. The van der Waals surface area contributed by atoms with Gasteiger partial charge >= 0.3 is 5.97 Å². The maximum absolute atomic E-state index is 12.9. The van der Waals surface area contributed by atoms with Crippen LogP contribution in [0.4, 0.5) is 0 Å². The van der Waals surface area contributed by atoms with Crippen LogP contribution < -0.4 is 0 Å². The standard InChI is InChI=1S/C16H23NO6S/c1-15(2)11(12(18)19)17-13(20)16(14(17)24(15,21)22)8-10(16)23-9-6-4-3-5-7-9/h9-11,14H,3-8H2,1-2H3,(H,18,19)/t10?,11-,14+,16-/m0/s1. The number of rotatable bonds is 3. The number of fused-ring (bicyclic) bond motifs is 2. The van der Waals surface area contributed by atoms with E-state index in [1.165, 1.54) is 20.3 Å². The minimum absolute atomic E-state index is 0.0948. The average molecular weight is 357 g/mol. The van der Waals surface area contributed by atoms with Crippen molar-refractivity contribution in [2.75, 3.05) is 0 Å². The molecule has 2 aliphatic carbocycles. The smallest absolute Gasteiger partial charge is 0.328 e. The van der Waals surface area contributed by atoms with Gasteiger partial charge in [-0.3, -0.25) is 4.79 Å². The molecule has 8 heteroatoms. The van der Waals surface area contributed by atoms with Crippen molar-refractivity contribution in [2.45, 2.75) is 80.7 Å². The Hall–Kier alpha value is -1.15. The van der Waals surface area contributed by atoms with Gasteiger partial charge in [-0.25, -0.2) is 13.2 Å². The molecule has 0 aromatic rings. The van der Waals surface area contributed by atoms with Crippen molar-refractivity contribution in [2.24, 2.45) is 5.41 Å². The highest BCUT2D eigenvalue weighted by Crippen LogP contribution is 2.67. The highest BCUT2D eigenvalue weighted by atomic mass is 32.2. The summed E-state index contributed by atoms with van der Waals surface area (Å²) in [7, 11) is -3.77. The Balaban J connectivity index is 1.61. The third-order valence-corrected chi connectivity index (χ3v) is 9.30. The number of hydrogen-bond donors (Lipinski definition) is 1. The maximum Gasteiger partial charge on any atom is 0.328 e. The number of nitrogens with zero attached hydrogens (tertiary/aromatic N) is 1. The first-order chi connectivity index (χ1) is 11.2. The third kappa shape index (κ3) is 1.73. The van der Waals surface area contributed by atoms with Gasteiger partial charge in [0.25, 0.3) is 0 Å². The lowest BCUT2D eigenvalue weighted by molar-refractivity contribution is -0.169. The molecule has 4 fully saturated rings. The summed E-state index contributed by atoms with van der Waals surface area (Å²) < 4.78 is 30.4. The van der Waals surface area contributed by atoms with Crippen LogP contribution in [0.15, 0.2) is 0 Å². The van der Waals surface area contributed by atoms with Gasteiger partial charge in [0.1, 0.15) is 11.5 Å². The molecule has 2 aliphatic heterocycles. The van der Waals surface area contributed by atoms with Crippen LogP contribution in [-0.2, 0) is 24.2 Å². The van der Waals surface area contributed by atoms with Gasteiger partial charge < -0.3 is 14.7 Å². The number of carboxylic acid groups (broad SMARTS) is 1. The van der Waals surface area contributed by atoms with E-state index in [0.29, 0.717) is 6.42 Å². The fourth-order valence-electron chi connectivity index (χ4n) is 4.84. The molecule has 1 N–H and O–H groups in total. The van der Waals surface area contributed by atoms with E-state index in [2.05, 4.69) is 0 Å². The second-order valence-electron chi connectivity index (χ2n) is 8.08. The molecule has 2 saturated heterocycles. The highest BCUT2D eigenvalue weighted by molar-refractivity contribution is 7.94. The van der Waals surface area contributed by atoms with Crippen LogP contribution in [0.3, 0.4) is 0 Å². The Morgan fingerprint density at radius 2 is 1.88 bits per heavy atom. The SMILES string of the molecule is CC1(C)[C@H](C(=O)O)N2C(=O)[C@@]3(CC3OC3CCCCC3)[C@H]2S1(=O)=O. The zero-order valence-electron chi connectivity index (χ0n) is 13.9. The van der Waals surface area contributed by atoms with Gasteiger partial charge in [-0.15, -0.1) is 0 Å².